The van der Waals surface area contributed by atoms with Crippen molar-refractivity contribution in [2.75, 3.05) is 25.2 Å². The van der Waals surface area contributed by atoms with Gasteiger partial charge in [-0.1, -0.05) is 329 Å². The van der Waals surface area contributed by atoms with E-state index in [9.17, 15) is 9.59 Å². The summed E-state index contributed by atoms with van der Waals surface area (Å²) in [4.78, 5) is 21.2. The Kier molecular flexibility index (Phi) is 29.4. The molecule has 3 aliphatic rings. The van der Waals surface area contributed by atoms with Gasteiger partial charge in [0, 0.05) is 46.6 Å². The van der Waals surface area contributed by atoms with Crippen LogP contribution in [0.5, 0.6) is 17.2 Å². The summed E-state index contributed by atoms with van der Waals surface area (Å²) >= 11 is 14.5. The third-order valence-electron chi connectivity index (χ3n) is 20.7. The van der Waals surface area contributed by atoms with Gasteiger partial charge in [-0.05, 0) is 225 Å². The summed E-state index contributed by atoms with van der Waals surface area (Å²) in [5.41, 5.74) is 23.0. The minimum atomic E-state index is -0.131. The molecule has 0 aromatic heterocycles. The minimum Gasteiger partial charge on any atom is -0.494 e. The second-order valence-corrected chi connectivity index (χ2v) is 30.8. The summed E-state index contributed by atoms with van der Waals surface area (Å²) in [6, 6.07) is 102. The van der Waals surface area contributed by atoms with Crippen molar-refractivity contribution in [3.05, 3.63) is 378 Å². The highest BCUT2D eigenvalue weighted by Crippen LogP contribution is 2.57. The molecule has 0 radical (unpaired) electrons. The predicted octanol–water partition coefficient (Wildman–Crippen LogP) is 28.1. The summed E-state index contributed by atoms with van der Waals surface area (Å²) in [5, 5.41) is 1.08. The molecule has 0 bridgehead atoms. The molecule has 12 aromatic carbocycles. The monoisotopic (exact) mass is 1670 g/mol. The van der Waals surface area contributed by atoms with Crippen LogP contribution >= 0.6 is 63.7 Å². The van der Waals surface area contributed by atoms with Crippen LogP contribution in [-0.2, 0) is 10.8 Å². The van der Waals surface area contributed by atoms with Crippen molar-refractivity contribution in [2.24, 2.45) is 0 Å². The zero-order chi connectivity index (χ0) is 73.3. The molecule has 9 heteroatoms. The number of alkyl halides is 1. The lowest BCUT2D eigenvalue weighted by Gasteiger charge is -2.33. The van der Waals surface area contributed by atoms with Crippen molar-refractivity contribution in [1.82, 2.24) is 0 Å². The van der Waals surface area contributed by atoms with Gasteiger partial charge in [-0.3, -0.25) is 9.59 Å². The number of fused-ring (bicyclic) bond motifs is 9. The first kappa shape index (κ1) is 79.1. The van der Waals surface area contributed by atoms with Gasteiger partial charge in [0.1, 0.15) is 29.8 Å². The maximum atomic E-state index is 10.8. The molecule has 0 spiro atoms. The number of hydrogen-bond donors (Lipinski definition) is 0. The van der Waals surface area contributed by atoms with E-state index in [0.29, 0.717) is 23.7 Å². The summed E-state index contributed by atoms with van der Waals surface area (Å²) in [6.45, 7) is 6.01. The summed E-state index contributed by atoms with van der Waals surface area (Å²) in [6.07, 6.45) is 19.5. The van der Waals surface area contributed by atoms with E-state index < -0.39 is 0 Å². The van der Waals surface area contributed by atoms with Crippen molar-refractivity contribution in [3.8, 4) is 50.6 Å². The van der Waals surface area contributed by atoms with Gasteiger partial charge in [-0.15, -0.1) is 0 Å². The molecule has 0 heterocycles. The summed E-state index contributed by atoms with van der Waals surface area (Å²) in [7, 11) is 0. The first-order chi connectivity index (χ1) is 52.1. The molecule has 3 atom stereocenters. The molecule has 544 valence electrons. The minimum absolute atomic E-state index is 0. The van der Waals surface area contributed by atoms with Crippen LogP contribution in [0, 0.1) is 0 Å². The van der Waals surface area contributed by atoms with E-state index in [1.807, 2.05) is 54.6 Å². The standard InChI is InChI=1S/C33H31BrO.C32H29BrO2.C19H13Br.C13H17BrO2.CH4/c1-2-25-16-19-28(20-17-25)35-23-11-4-3-10-22-33(26-12-6-5-7-13-26)31-15-9-8-14-29(31)30-21-18-27(34)24-32(30)33;33-26-16-19-29-28-12-6-7-13-30(28)32(31(29)22-26,25-10-4-3-5-11-25)20-8-1-2-9-21-35-27-17-14-24(23-34)15-18-27;20-14-10-11-16-15-8-4-5-9-17(15)19(18(16)12-14)13-6-2-1-3-7-13;14-9-3-1-2-4-10-16-13-7-5-12(11-15)6-8-13;/h2,5-9,12-21,24H,1,3-4,10-11,22-23H2;3-7,10-19,22-23H,1-2,8-9,20-21H2;1-12,19H;5-8,11H,1-4,9-10H2;1H4. The van der Waals surface area contributed by atoms with Crippen LogP contribution in [0.3, 0.4) is 0 Å². The van der Waals surface area contributed by atoms with E-state index >= 15 is 0 Å². The number of carbonyl (C=O) groups is 2. The molecule has 5 nitrogen and oxygen atoms in total. The molecule has 0 saturated carbocycles. The lowest BCUT2D eigenvalue weighted by molar-refractivity contribution is 0.111. The first-order valence-electron chi connectivity index (χ1n) is 37.3. The second kappa shape index (κ2) is 39.8. The number of aldehydes is 2. The third kappa shape index (κ3) is 19.3. The molecule has 0 amide bonds. The van der Waals surface area contributed by atoms with Crippen LogP contribution in [0.4, 0.5) is 0 Å². The van der Waals surface area contributed by atoms with Gasteiger partial charge in [-0.2, -0.15) is 0 Å². The fraction of sp³-hybridized carbons (Fsp3) is 0.224. The van der Waals surface area contributed by atoms with Gasteiger partial charge in [0.2, 0.25) is 0 Å². The van der Waals surface area contributed by atoms with Crippen molar-refractivity contribution in [3.63, 3.8) is 0 Å². The molecular formula is C98H94Br4O5. The SMILES string of the molecule is Brc1ccc2c(c1)C(c1ccccc1)c1ccccc1-2.C.C=Cc1ccc(OCCCCCCC2(c3ccccc3)c3ccccc3-c3ccc(Br)cc32)cc1.O=Cc1ccc(OCCCCCCBr)cc1.O=Cc1ccc(OCCCCCCC2(c3ccccc3)c3ccccc3-c3ccc(Br)cc32)cc1. The first-order valence-corrected chi connectivity index (χ1v) is 40.8. The Balaban J connectivity index is 0.000000149. The Labute approximate surface area is 668 Å². The number of carbonyl (C=O) groups excluding carboxylic acids is 2. The molecular weight excluding hydrogens is 1580 g/mol. The topological polar surface area (TPSA) is 61.8 Å². The Morgan fingerprint density at radius 1 is 0.327 bits per heavy atom. The Morgan fingerprint density at radius 2 is 0.673 bits per heavy atom. The zero-order valence-corrected chi connectivity index (χ0v) is 66.4. The van der Waals surface area contributed by atoms with E-state index in [4.69, 9.17) is 14.2 Å². The Bertz CT molecular complexity index is 4610. The van der Waals surface area contributed by atoms with Crippen LogP contribution < -0.4 is 14.2 Å². The molecule has 3 aliphatic carbocycles. The molecule has 15 rings (SSSR count). The maximum Gasteiger partial charge on any atom is 0.150 e. The molecule has 107 heavy (non-hydrogen) atoms. The summed E-state index contributed by atoms with van der Waals surface area (Å²) < 4.78 is 20.8. The quantitative estimate of drug-likeness (QED) is 0.0266. The van der Waals surface area contributed by atoms with Gasteiger partial charge < -0.3 is 14.2 Å². The lowest BCUT2D eigenvalue weighted by Crippen LogP contribution is -2.27. The Hall–Kier alpha value is -8.96. The highest BCUT2D eigenvalue weighted by atomic mass is 79.9. The number of halogens is 4. The predicted molar refractivity (Wildman–Crippen MR) is 461 cm³/mol. The third-order valence-corrected chi connectivity index (χ3v) is 22.7. The molecule has 0 fully saturated rings. The van der Waals surface area contributed by atoms with Crippen molar-refractivity contribution in [2.45, 2.75) is 114 Å². The van der Waals surface area contributed by atoms with Gasteiger partial charge in [-0.25, -0.2) is 0 Å². The van der Waals surface area contributed by atoms with Crippen molar-refractivity contribution >= 4 is 82.4 Å². The molecule has 0 aliphatic heterocycles. The van der Waals surface area contributed by atoms with Crippen molar-refractivity contribution < 1.29 is 23.8 Å². The van der Waals surface area contributed by atoms with Gasteiger partial charge in [0.15, 0.2) is 0 Å². The second-order valence-electron chi connectivity index (χ2n) is 27.3. The highest BCUT2D eigenvalue weighted by molar-refractivity contribution is 9.11. The van der Waals surface area contributed by atoms with Gasteiger partial charge >= 0.3 is 0 Å². The van der Waals surface area contributed by atoms with Crippen LogP contribution in [0.2, 0.25) is 0 Å². The number of ether oxygens (including phenoxy) is 3. The smallest absolute Gasteiger partial charge is 0.150 e. The number of rotatable bonds is 29. The van der Waals surface area contributed by atoms with E-state index in [-0.39, 0.29) is 18.3 Å². The summed E-state index contributed by atoms with van der Waals surface area (Å²) in [5.74, 6) is 2.94. The van der Waals surface area contributed by atoms with Crippen LogP contribution in [0.25, 0.3) is 39.5 Å². The van der Waals surface area contributed by atoms with Crippen LogP contribution in [0.1, 0.15) is 180 Å². The van der Waals surface area contributed by atoms with Crippen LogP contribution in [0.15, 0.2) is 311 Å². The van der Waals surface area contributed by atoms with E-state index in [1.54, 1.807) is 24.3 Å². The lowest BCUT2D eigenvalue weighted by atomic mass is 9.69. The largest absolute Gasteiger partial charge is 0.494 e. The fourth-order valence-corrected chi connectivity index (χ4v) is 17.1. The molecule has 12 aromatic rings. The van der Waals surface area contributed by atoms with Gasteiger partial charge in [0.25, 0.3) is 0 Å². The molecule has 0 N–H and O–H groups in total. The normalized spacial score (nSPS) is 14.9. The van der Waals surface area contributed by atoms with E-state index in [0.717, 1.165) is 119 Å². The maximum absolute atomic E-state index is 10.8. The average Bonchev–Trinajstić information content (AvgIpc) is 1.56. The van der Waals surface area contributed by atoms with E-state index in [2.05, 4.69) is 289 Å². The number of hydrogen-bond acceptors (Lipinski definition) is 5. The highest BCUT2D eigenvalue weighted by Gasteiger charge is 2.45. The molecule has 0 saturated heterocycles. The van der Waals surface area contributed by atoms with Crippen LogP contribution in [-0.4, -0.2) is 37.7 Å². The fourth-order valence-electron chi connectivity index (χ4n) is 15.6. The van der Waals surface area contributed by atoms with E-state index in [1.165, 1.54) is 122 Å². The number of unbranched alkanes of at least 4 members (excludes halogenated alkanes) is 9. The Morgan fingerprint density at radius 3 is 1.10 bits per heavy atom. The number of benzene rings is 12. The van der Waals surface area contributed by atoms with Crippen molar-refractivity contribution in [1.29, 1.82) is 0 Å². The molecule has 3 unspecified atom stereocenters. The van der Waals surface area contributed by atoms with Gasteiger partial charge in [0.05, 0.1) is 19.8 Å². The average molecular weight is 1670 g/mol. The zero-order valence-electron chi connectivity index (χ0n) is 60.0.